The number of nitrogens with one attached hydrogen (secondary N) is 1. The Bertz CT molecular complexity index is 767. The van der Waals surface area contributed by atoms with Gasteiger partial charge < -0.3 is 5.32 Å². The van der Waals surface area contributed by atoms with E-state index in [9.17, 15) is 13.2 Å². The number of carbonyl (C=O) groups excluding carboxylic acids is 1. The number of hydrogen-bond acceptors (Lipinski definition) is 3. The number of amides is 1. The van der Waals surface area contributed by atoms with Crippen molar-refractivity contribution >= 4 is 15.7 Å². The van der Waals surface area contributed by atoms with Gasteiger partial charge in [-0.1, -0.05) is 36.4 Å². The van der Waals surface area contributed by atoms with Crippen molar-refractivity contribution in [2.24, 2.45) is 0 Å². The monoisotopic (exact) mass is 303 g/mol. The molecule has 0 aromatic heterocycles. The van der Waals surface area contributed by atoms with Crippen molar-refractivity contribution in [1.82, 2.24) is 5.32 Å². The molecule has 0 saturated heterocycles. The van der Waals surface area contributed by atoms with Gasteiger partial charge in [0.15, 0.2) is 9.84 Å². The van der Waals surface area contributed by atoms with Crippen LogP contribution in [0.5, 0.6) is 0 Å². The number of benzene rings is 2. The van der Waals surface area contributed by atoms with Crippen LogP contribution in [0.15, 0.2) is 53.4 Å². The van der Waals surface area contributed by atoms with Gasteiger partial charge >= 0.3 is 0 Å². The Morgan fingerprint density at radius 1 is 1.05 bits per heavy atom. The van der Waals surface area contributed by atoms with Crippen LogP contribution in [0.2, 0.25) is 0 Å². The van der Waals surface area contributed by atoms with E-state index in [0.717, 1.165) is 17.4 Å². The molecule has 0 heterocycles. The van der Waals surface area contributed by atoms with Crippen molar-refractivity contribution in [3.63, 3.8) is 0 Å². The molecule has 0 unspecified atom stereocenters. The van der Waals surface area contributed by atoms with E-state index in [1.165, 1.54) is 12.1 Å². The molecule has 5 heteroatoms. The summed E-state index contributed by atoms with van der Waals surface area (Å²) in [5, 5.41) is 2.77. The van der Waals surface area contributed by atoms with Gasteiger partial charge in [-0.3, -0.25) is 4.79 Å². The third-order valence-electron chi connectivity index (χ3n) is 3.23. The quantitative estimate of drug-likeness (QED) is 0.943. The molecule has 0 saturated carbocycles. The molecule has 110 valence electrons. The van der Waals surface area contributed by atoms with Crippen molar-refractivity contribution in [2.75, 3.05) is 6.26 Å². The summed E-state index contributed by atoms with van der Waals surface area (Å²) >= 11 is 0. The number of hydrogen-bond donors (Lipinski definition) is 1. The minimum absolute atomic E-state index is 0.0484. The minimum atomic E-state index is -3.43. The Morgan fingerprint density at radius 3 is 2.33 bits per heavy atom. The van der Waals surface area contributed by atoms with Gasteiger partial charge in [0.2, 0.25) is 0 Å². The van der Waals surface area contributed by atoms with E-state index in [4.69, 9.17) is 0 Å². The van der Waals surface area contributed by atoms with Gasteiger partial charge in [-0.2, -0.15) is 0 Å². The topological polar surface area (TPSA) is 63.2 Å². The summed E-state index contributed by atoms with van der Waals surface area (Å²) in [6.07, 6.45) is 1.10. The second-order valence-electron chi connectivity index (χ2n) is 4.88. The number of aryl methyl sites for hydroxylation is 1. The lowest BCUT2D eigenvalue weighted by Gasteiger charge is -2.10. The summed E-state index contributed by atoms with van der Waals surface area (Å²) in [6.45, 7) is 2.33. The van der Waals surface area contributed by atoms with Crippen LogP contribution in [0.4, 0.5) is 0 Å². The maximum atomic E-state index is 12.2. The first-order valence-corrected chi connectivity index (χ1v) is 8.40. The largest absolute Gasteiger partial charge is 0.348 e. The van der Waals surface area contributed by atoms with E-state index in [0.29, 0.717) is 6.54 Å². The van der Waals surface area contributed by atoms with E-state index in [1.54, 1.807) is 12.1 Å². The summed E-state index contributed by atoms with van der Waals surface area (Å²) in [5.74, 6) is -0.390. The zero-order valence-electron chi connectivity index (χ0n) is 12.0. The molecule has 4 nitrogen and oxygen atoms in total. The van der Waals surface area contributed by atoms with Gasteiger partial charge in [0.25, 0.3) is 5.91 Å². The Morgan fingerprint density at radius 2 is 1.67 bits per heavy atom. The molecule has 2 aromatic carbocycles. The van der Waals surface area contributed by atoms with Crippen LogP contribution in [0.1, 0.15) is 21.5 Å². The second-order valence-corrected chi connectivity index (χ2v) is 6.86. The van der Waals surface area contributed by atoms with Crippen LogP contribution in [0, 0.1) is 6.92 Å². The zero-order chi connectivity index (χ0) is 15.5. The second kappa shape index (κ2) is 6.10. The summed E-state index contributed by atoms with van der Waals surface area (Å²) in [7, 11) is -3.43. The molecule has 2 aromatic rings. The summed E-state index contributed by atoms with van der Waals surface area (Å²) in [4.78, 5) is 12.3. The number of carbonyl (C=O) groups is 1. The van der Waals surface area contributed by atoms with E-state index >= 15 is 0 Å². The highest BCUT2D eigenvalue weighted by Gasteiger charge is 2.17. The molecule has 1 N–H and O–H groups in total. The first-order valence-electron chi connectivity index (χ1n) is 6.51. The molecule has 0 bridgehead atoms. The molecule has 0 aliphatic carbocycles. The van der Waals surface area contributed by atoms with Gasteiger partial charge in [0.1, 0.15) is 0 Å². The Labute approximate surface area is 124 Å². The molecule has 0 fully saturated rings. The smallest absolute Gasteiger partial charge is 0.252 e. The first-order chi connectivity index (χ1) is 9.89. The molecule has 0 aliphatic heterocycles. The lowest BCUT2D eigenvalue weighted by Crippen LogP contribution is -2.25. The normalized spacial score (nSPS) is 11.1. The average Bonchev–Trinajstić information content (AvgIpc) is 2.45. The fourth-order valence-electron chi connectivity index (χ4n) is 2.06. The predicted octanol–water partition coefficient (Wildman–Crippen LogP) is 2.33. The van der Waals surface area contributed by atoms with Crippen LogP contribution in [-0.2, 0) is 16.4 Å². The molecule has 0 atom stereocenters. The minimum Gasteiger partial charge on any atom is -0.348 e. The highest BCUT2D eigenvalue weighted by atomic mass is 32.2. The van der Waals surface area contributed by atoms with Gasteiger partial charge in [-0.05, 0) is 30.2 Å². The molecule has 0 aliphatic rings. The highest BCUT2D eigenvalue weighted by Crippen LogP contribution is 2.15. The van der Waals surface area contributed by atoms with Gasteiger partial charge in [0, 0.05) is 12.8 Å². The van der Waals surface area contributed by atoms with Crippen LogP contribution >= 0.6 is 0 Å². The molecule has 1 amide bonds. The Kier molecular flexibility index (Phi) is 4.43. The zero-order valence-corrected chi connectivity index (χ0v) is 12.8. The summed E-state index contributed by atoms with van der Waals surface area (Å²) in [5.41, 5.74) is 2.26. The van der Waals surface area contributed by atoms with Crippen molar-refractivity contribution in [2.45, 2.75) is 18.4 Å². The molecule has 0 radical (unpaired) electrons. The molecular formula is C16H17NO3S. The number of sulfone groups is 1. The predicted molar refractivity (Wildman–Crippen MR) is 81.9 cm³/mol. The molecular weight excluding hydrogens is 286 g/mol. The van der Waals surface area contributed by atoms with Crippen LogP contribution < -0.4 is 5.32 Å². The van der Waals surface area contributed by atoms with Gasteiger partial charge in [0.05, 0.1) is 10.5 Å². The highest BCUT2D eigenvalue weighted by molar-refractivity contribution is 7.90. The SMILES string of the molecule is Cc1ccccc1CNC(=O)c1ccccc1S(C)(=O)=O. The van der Waals surface area contributed by atoms with Crippen molar-refractivity contribution in [3.05, 3.63) is 65.2 Å². The average molecular weight is 303 g/mol. The molecule has 2 rings (SSSR count). The summed E-state index contributed by atoms with van der Waals surface area (Å²) < 4.78 is 23.4. The fraction of sp³-hybridized carbons (Fsp3) is 0.188. The van der Waals surface area contributed by atoms with Crippen LogP contribution in [0.25, 0.3) is 0 Å². The van der Waals surface area contributed by atoms with E-state index in [2.05, 4.69) is 5.32 Å². The lowest BCUT2D eigenvalue weighted by molar-refractivity contribution is 0.0947. The Balaban J connectivity index is 2.21. The van der Waals surface area contributed by atoms with Gasteiger partial charge in [-0.15, -0.1) is 0 Å². The summed E-state index contributed by atoms with van der Waals surface area (Å²) in [6, 6.07) is 13.9. The number of rotatable bonds is 4. The van der Waals surface area contributed by atoms with E-state index in [1.807, 2.05) is 31.2 Å². The van der Waals surface area contributed by atoms with Crippen molar-refractivity contribution in [3.8, 4) is 0 Å². The fourth-order valence-corrected chi connectivity index (χ4v) is 2.94. The molecule has 0 spiro atoms. The third-order valence-corrected chi connectivity index (χ3v) is 4.39. The first kappa shape index (κ1) is 15.3. The van der Waals surface area contributed by atoms with Gasteiger partial charge in [-0.25, -0.2) is 8.42 Å². The van der Waals surface area contributed by atoms with E-state index < -0.39 is 9.84 Å². The third kappa shape index (κ3) is 3.70. The maximum Gasteiger partial charge on any atom is 0.252 e. The van der Waals surface area contributed by atoms with Crippen molar-refractivity contribution < 1.29 is 13.2 Å². The maximum absolute atomic E-state index is 12.2. The molecule has 21 heavy (non-hydrogen) atoms. The standard InChI is InChI=1S/C16H17NO3S/c1-12-7-3-4-8-13(12)11-17-16(18)14-9-5-6-10-15(14)21(2,19)20/h3-10H,11H2,1-2H3,(H,17,18). The lowest BCUT2D eigenvalue weighted by atomic mass is 10.1. The van der Waals surface area contributed by atoms with Crippen LogP contribution in [0.3, 0.4) is 0 Å². The van der Waals surface area contributed by atoms with E-state index in [-0.39, 0.29) is 16.4 Å². The van der Waals surface area contributed by atoms with Crippen molar-refractivity contribution in [1.29, 1.82) is 0 Å². The van der Waals surface area contributed by atoms with Crippen LogP contribution in [-0.4, -0.2) is 20.6 Å². The Hall–Kier alpha value is -2.14.